The largest absolute Gasteiger partial charge is 0.494 e. The molecule has 0 saturated carbocycles. The van der Waals surface area contributed by atoms with Gasteiger partial charge in [0.15, 0.2) is 9.96 Å². The number of nitrogens with two attached hydrogens (primary N) is 1. The fourth-order valence-electron chi connectivity index (χ4n) is 2.07. The first kappa shape index (κ1) is 18.4. The Morgan fingerprint density at radius 3 is 2.50 bits per heavy atom. The summed E-state index contributed by atoms with van der Waals surface area (Å²) in [6, 6.07) is 5.55. The van der Waals surface area contributed by atoms with E-state index < -0.39 is 15.9 Å². The number of amides is 1. The van der Waals surface area contributed by atoms with Crippen molar-refractivity contribution in [3.05, 3.63) is 40.5 Å². The molecule has 0 bridgehead atoms. The Morgan fingerprint density at radius 2 is 2.00 bits per heavy atom. The van der Waals surface area contributed by atoms with Gasteiger partial charge >= 0.3 is 0 Å². The van der Waals surface area contributed by atoms with Crippen LogP contribution in [-0.2, 0) is 10.0 Å². The smallest absolute Gasteiger partial charge is 0.265 e. The number of primary sulfonamides is 1. The molecule has 0 unspecified atom stereocenters. The lowest BCUT2D eigenvalue weighted by molar-refractivity contribution is 0.103. The summed E-state index contributed by atoms with van der Waals surface area (Å²) in [5.74, 6) is -0.917. The van der Waals surface area contributed by atoms with E-state index in [0.717, 1.165) is 0 Å². The van der Waals surface area contributed by atoms with Crippen LogP contribution in [0.5, 0.6) is 5.75 Å². The minimum Gasteiger partial charge on any atom is -0.494 e. The molecule has 0 aliphatic heterocycles. The molecule has 2 aromatic rings. The van der Waals surface area contributed by atoms with Crippen LogP contribution in [-0.4, -0.2) is 21.4 Å². The van der Waals surface area contributed by atoms with Crippen LogP contribution in [0.4, 0.5) is 10.1 Å². The number of methoxy groups -OCH3 is 1. The Bertz CT molecular complexity index is 876. The number of hydrogen-bond acceptors (Lipinski definition) is 5. The van der Waals surface area contributed by atoms with Crippen molar-refractivity contribution in [3.63, 3.8) is 0 Å². The SMILES string of the molecule is COc1cc(C(=O)Nc2ccc(F)c(C(C)C)c2)sc1S(N)(=O)=O. The Balaban J connectivity index is 2.31. The molecular weight excluding hydrogens is 355 g/mol. The summed E-state index contributed by atoms with van der Waals surface area (Å²) >= 11 is 0.708. The van der Waals surface area contributed by atoms with Crippen molar-refractivity contribution in [1.82, 2.24) is 0 Å². The Kier molecular flexibility index (Phi) is 5.26. The predicted octanol–water partition coefficient (Wildman–Crippen LogP) is 2.92. The van der Waals surface area contributed by atoms with Gasteiger partial charge in [0.05, 0.1) is 12.0 Å². The maximum atomic E-state index is 13.7. The molecule has 1 heterocycles. The van der Waals surface area contributed by atoms with Gasteiger partial charge in [-0.3, -0.25) is 4.79 Å². The fraction of sp³-hybridized carbons (Fsp3) is 0.267. The van der Waals surface area contributed by atoms with E-state index in [9.17, 15) is 17.6 Å². The first-order valence-corrected chi connectivity index (χ1v) is 9.31. The van der Waals surface area contributed by atoms with Crippen molar-refractivity contribution in [1.29, 1.82) is 0 Å². The van der Waals surface area contributed by atoms with Gasteiger partial charge in [-0.25, -0.2) is 17.9 Å². The fourth-order valence-corrected chi connectivity index (χ4v) is 3.98. The molecule has 3 N–H and O–H groups in total. The summed E-state index contributed by atoms with van der Waals surface area (Å²) in [5.41, 5.74) is 0.886. The van der Waals surface area contributed by atoms with E-state index in [-0.39, 0.29) is 26.6 Å². The molecule has 0 spiro atoms. The average molecular weight is 372 g/mol. The summed E-state index contributed by atoms with van der Waals surface area (Å²) < 4.78 is 41.4. The van der Waals surface area contributed by atoms with Crippen molar-refractivity contribution in [2.24, 2.45) is 5.14 Å². The number of halogens is 1. The van der Waals surface area contributed by atoms with Gasteiger partial charge in [0.1, 0.15) is 5.82 Å². The van der Waals surface area contributed by atoms with Crippen LogP contribution in [0.3, 0.4) is 0 Å². The summed E-state index contributed by atoms with van der Waals surface area (Å²) in [6.45, 7) is 3.68. The molecule has 24 heavy (non-hydrogen) atoms. The van der Waals surface area contributed by atoms with E-state index in [2.05, 4.69) is 5.32 Å². The van der Waals surface area contributed by atoms with Crippen LogP contribution in [0.1, 0.15) is 35.0 Å². The third-order valence-corrected chi connectivity index (χ3v) is 5.82. The van der Waals surface area contributed by atoms with Crippen LogP contribution in [0.2, 0.25) is 0 Å². The molecule has 1 amide bonds. The number of thiophene rings is 1. The maximum Gasteiger partial charge on any atom is 0.265 e. The second-order valence-electron chi connectivity index (χ2n) is 5.36. The first-order valence-electron chi connectivity index (χ1n) is 6.95. The standard InChI is InChI=1S/C15H17FN2O4S2/c1-8(2)10-6-9(4-5-11(10)16)18-14(19)13-7-12(22-3)15(23-13)24(17,20)21/h4-8H,1-3H3,(H,18,19)(H2,17,20,21). The number of hydrogen-bond donors (Lipinski definition) is 2. The number of nitrogens with one attached hydrogen (secondary N) is 1. The van der Waals surface area contributed by atoms with Gasteiger partial charge in [-0.15, -0.1) is 11.3 Å². The van der Waals surface area contributed by atoms with E-state index in [1.165, 1.54) is 25.3 Å². The zero-order valence-electron chi connectivity index (χ0n) is 13.3. The van der Waals surface area contributed by atoms with Crippen LogP contribution >= 0.6 is 11.3 Å². The van der Waals surface area contributed by atoms with Gasteiger partial charge in [0.25, 0.3) is 15.9 Å². The molecule has 130 valence electrons. The first-order chi connectivity index (χ1) is 11.1. The van der Waals surface area contributed by atoms with Crippen LogP contribution in [0.15, 0.2) is 28.5 Å². The van der Waals surface area contributed by atoms with Gasteiger partial charge in [-0.2, -0.15) is 0 Å². The average Bonchev–Trinajstić information content (AvgIpc) is 2.93. The zero-order chi connectivity index (χ0) is 18.1. The molecule has 1 aromatic carbocycles. The van der Waals surface area contributed by atoms with E-state index in [1.807, 2.05) is 13.8 Å². The second kappa shape index (κ2) is 6.88. The maximum absolute atomic E-state index is 13.7. The second-order valence-corrected chi connectivity index (χ2v) is 8.17. The van der Waals surface area contributed by atoms with Crippen LogP contribution < -0.4 is 15.2 Å². The molecule has 0 aliphatic rings. The molecule has 0 aliphatic carbocycles. The highest BCUT2D eigenvalue weighted by molar-refractivity contribution is 7.91. The Morgan fingerprint density at radius 1 is 1.33 bits per heavy atom. The van der Waals surface area contributed by atoms with E-state index >= 15 is 0 Å². The topological polar surface area (TPSA) is 98.5 Å². The van der Waals surface area contributed by atoms with Crippen LogP contribution in [0, 0.1) is 5.82 Å². The number of sulfonamides is 1. The molecule has 0 saturated heterocycles. The highest BCUT2D eigenvalue weighted by Crippen LogP contribution is 2.33. The molecule has 2 rings (SSSR count). The molecule has 0 radical (unpaired) electrons. The lowest BCUT2D eigenvalue weighted by Gasteiger charge is -2.10. The number of ether oxygens (including phenoxy) is 1. The Hall–Kier alpha value is -1.97. The molecule has 0 atom stereocenters. The molecular formula is C15H17FN2O4S2. The lowest BCUT2D eigenvalue weighted by Crippen LogP contribution is -2.12. The normalized spacial score (nSPS) is 11.6. The van der Waals surface area contributed by atoms with Gasteiger partial charge in [-0.1, -0.05) is 13.8 Å². The van der Waals surface area contributed by atoms with Crippen molar-refractivity contribution >= 4 is 33.0 Å². The monoisotopic (exact) mass is 372 g/mol. The van der Waals surface area contributed by atoms with Crippen molar-refractivity contribution in [3.8, 4) is 5.75 Å². The summed E-state index contributed by atoms with van der Waals surface area (Å²) in [5, 5.41) is 7.71. The van der Waals surface area contributed by atoms with Crippen molar-refractivity contribution < 1.29 is 22.3 Å². The van der Waals surface area contributed by atoms with Gasteiger partial charge < -0.3 is 10.1 Å². The number of carbonyl (C=O) groups is 1. The van der Waals surface area contributed by atoms with Crippen LogP contribution in [0.25, 0.3) is 0 Å². The number of anilines is 1. The molecule has 6 nitrogen and oxygen atoms in total. The molecule has 1 aromatic heterocycles. The highest BCUT2D eigenvalue weighted by Gasteiger charge is 2.23. The Labute approximate surface area is 143 Å². The van der Waals surface area contributed by atoms with E-state index in [0.29, 0.717) is 22.6 Å². The number of carbonyl (C=O) groups excluding carboxylic acids is 1. The summed E-state index contributed by atoms with van der Waals surface area (Å²) in [7, 11) is -2.71. The third-order valence-electron chi connectivity index (χ3n) is 3.24. The van der Waals surface area contributed by atoms with Gasteiger partial charge in [0, 0.05) is 11.8 Å². The predicted molar refractivity (Wildman–Crippen MR) is 90.7 cm³/mol. The lowest BCUT2D eigenvalue weighted by atomic mass is 10.0. The van der Waals surface area contributed by atoms with E-state index in [1.54, 1.807) is 6.07 Å². The third kappa shape index (κ3) is 3.92. The quantitative estimate of drug-likeness (QED) is 0.843. The van der Waals surface area contributed by atoms with Crippen molar-refractivity contribution in [2.75, 3.05) is 12.4 Å². The van der Waals surface area contributed by atoms with Gasteiger partial charge in [0.2, 0.25) is 0 Å². The molecule has 0 fully saturated rings. The highest BCUT2D eigenvalue weighted by atomic mass is 32.2. The van der Waals surface area contributed by atoms with Gasteiger partial charge in [-0.05, 0) is 29.7 Å². The summed E-state index contributed by atoms with van der Waals surface area (Å²) in [6.07, 6.45) is 0. The number of rotatable bonds is 5. The number of benzene rings is 1. The minimum atomic E-state index is -3.99. The summed E-state index contributed by atoms with van der Waals surface area (Å²) in [4.78, 5) is 12.4. The minimum absolute atomic E-state index is 0.00891. The van der Waals surface area contributed by atoms with Crippen molar-refractivity contribution in [2.45, 2.75) is 24.0 Å². The van der Waals surface area contributed by atoms with E-state index in [4.69, 9.17) is 9.88 Å². The zero-order valence-corrected chi connectivity index (χ0v) is 14.9. The molecule has 9 heteroatoms.